The Labute approximate surface area is 291 Å². The lowest BCUT2D eigenvalue weighted by atomic mass is 9.84. The lowest BCUT2D eigenvalue weighted by Gasteiger charge is -2.50. The Balaban J connectivity index is 1.31. The van der Waals surface area contributed by atoms with E-state index in [0.717, 1.165) is 42.6 Å². The molecule has 9 N–H and O–H groups in total. The number of β-lactam (4-membered cyclic amide) rings is 1. The second kappa shape index (κ2) is 14.1. The number of fused-ring (bicyclic) bond motifs is 1. The van der Waals surface area contributed by atoms with E-state index in [0.29, 0.717) is 41.1 Å². The number of hydrogen-bond acceptors (Lipinski definition) is 14. The molecule has 1 aromatic heterocycles. The average molecular weight is 737 g/mol. The van der Waals surface area contributed by atoms with Gasteiger partial charge in [-0.1, -0.05) is 5.16 Å². The predicted octanol–water partition coefficient (Wildman–Crippen LogP) is 0.956. The quantitative estimate of drug-likeness (QED) is 0.0526. The van der Waals surface area contributed by atoms with Crippen molar-refractivity contribution in [3.8, 4) is 5.75 Å². The van der Waals surface area contributed by atoms with E-state index in [2.05, 4.69) is 25.1 Å². The molecule has 1 saturated heterocycles. The number of hydrogen-bond donors (Lipinski definition) is 7. The molecule has 2 aromatic rings. The number of aromatic nitrogens is 1. The van der Waals surface area contributed by atoms with Crippen LogP contribution in [0.4, 0.5) is 5.13 Å². The number of nitrogen functional groups attached to an aromatic ring is 1. The molecule has 2 amide bonds. The third-order valence-electron chi connectivity index (χ3n) is 9.29. The largest absolute Gasteiger partial charge is 0.485 e. The first-order chi connectivity index (χ1) is 23.4. The highest BCUT2D eigenvalue weighted by atomic mass is 32.3. The minimum Gasteiger partial charge on any atom is -0.485 e. The molecular formula is C30H40N8O10S2. The summed E-state index contributed by atoms with van der Waals surface area (Å²) in [6.07, 6.45) is 3.44. The number of thiazole rings is 1. The SMILES string of the molecule is CC1(C)[C@H](NC(=O)/C(=N\O[C@](C)(C(=O)O)[C@H]2CCc3cc(C(=N)N[C@H]4CC[C@@H](CN)CC4)ccc3O2)c2csc(N)n2)C(=O)N1OS(=O)(=O)O. The summed E-state index contributed by atoms with van der Waals surface area (Å²) in [5, 5.41) is 30.3. The van der Waals surface area contributed by atoms with E-state index in [4.69, 9.17) is 31.0 Å². The Morgan fingerprint density at radius 1 is 1.24 bits per heavy atom. The summed E-state index contributed by atoms with van der Waals surface area (Å²) >= 11 is 0.965. The zero-order chi connectivity index (χ0) is 36.6. The number of nitrogens with one attached hydrogen (secondary N) is 3. The number of oxime groups is 1. The molecule has 20 heteroatoms. The second-order valence-electron chi connectivity index (χ2n) is 13.1. The van der Waals surface area contributed by atoms with Gasteiger partial charge in [0.2, 0.25) is 0 Å². The highest BCUT2D eigenvalue weighted by Gasteiger charge is 2.58. The van der Waals surface area contributed by atoms with E-state index in [1.165, 1.54) is 26.2 Å². The maximum absolute atomic E-state index is 13.5. The number of nitrogens with zero attached hydrogens (tertiary/aromatic N) is 3. The topological polar surface area (TPSA) is 282 Å². The second-order valence-corrected chi connectivity index (χ2v) is 15.0. The molecule has 3 heterocycles. The Hall–Kier alpha value is -4.37. The van der Waals surface area contributed by atoms with Crippen molar-refractivity contribution in [1.82, 2.24) is 20.7 Å². The van der Waals surface area contributed by atoms with Crippen LogP contribution in [0.5, 0.6) is 5.75 Å². The number of benzene rings is 1. The van der Waals surface area contributed by atoms with E-state index in [9.17, 15) is 27.9 Å². The van der Waals surface area contributed by atoms with Crippen molar-refractivity contribution >= 4 is 56.2 Å². The number of amides is 2. The van der Waals surface area contributed by atoms with Gasteiger partial charge in [0.1, 0.15) is 23.3 Å². The van der Waals surface area contributed by atoms with Crippen LogP contribution in [0.3, 0.4) is 0 Å². The Bertz CT molecular complexity index is 1810. The fourth-order valence-corrected chi connectivity index (χ4v) is 7.16. The predicted molar refractivity (Wildman–Crippen MR) is 180 cm³/mol. The van der Waals surface area contributed by atoms with Crippen molar-refractivity contribution in [2.24, 2.45) is 16.8 Å². The molecule has 0 radical (unpaired) electrons. The van der Waals surface area contributed by atoms with Crippen LogP contribution in [0, 0.1) is 11.3 Å². The number of carboxylic acid groups (broad SMARTS) is 1. The van der Waals surface area contributed by atoms with Gasteiger partial charge >= 0.3 is 16.4 Å². The number of hydroxylamine groups is 2. The smallest absolute Gasteiger partial charge is 0.418 e. The molecule has 1 saturated carbocycles. The molecule has 3 aliphatic rings. The van der Waals surface area contributed by atoms with Gasteiger partial charge in [0.25, 0.3) is 17.4 Å². The molecule has 50 heavy (non-hydrogen) atoms. The number of amidine groups is 1. The van der Waals surface area contributed by atoms with Crippen LogP contribution in [-0.2, 0) is 40.3 Å². The summed E-state index contributed by atoms with van der Waals surface area (Å²) in [7, 11) is -5.03. The Morgan fingerprint density at radius 2 is 1.94 bits per heavy atom. The summed E-state index contributed by atoms with van der Waals surface area (Å²) in [6.45, 7) is 4.66. The number of anilines is 1. The first-order valence-corrected chi connectivity index (χ1v) is 18.1. The van der Waals surface area contributed by atoms with Crippen molar-refractivity contribution < 1.29 is 46.3 Å². The van der Waals surface area contributed by atoms with Gasteiger partial charge in [-0.3, -0.25) is 19.6 Å². The number of ether oxygens (including phenoxy) is 1. The van der Waals surface area contributed by atoms with Crippen LogP contribution in [0.25, 0.3) is 0 Å². The van der Waals surface area contributed by atoms with Gasteiger partial charge in [0, 0.05) is 17.0 Å². The minimum absolute atomic E-state index is 0.0584. The van der Waals surface area contributed by atoms with Gasteiger partial charge in [0.05, 0.1) is 5.54 Å². The molecule has 1 aliphatic carbocycles. The van der Waals surface area contributed by atoms with Gasteiger partial charge in [-0.25, -0.2) is 9.78 Å². The van der Waals surface area contributed by atoms with Gasteiger partial charge in [-0.2, -0.15) is 13.5 Å². The van der Waals surface area contributed by atoms with Crippen LogP contribution < -0.4 is 26.8 Å². The van der Waals surface area contributed by atoms with E-state index in [-0.39, 0.29) is 23.3 Å². The van der Waals surface area contributed by atoms with Crippen LogP contribution in [-0.4, -0.2) is 93.3 Å². The van der Waals surface area contributed by atoms with Gasteiger partial charge in [0.15, 0.2) is 16.9 Å². The number of carbonyl (C=O) groups excluding carboxylic acids is 2. The van der Waals surface area contributed by atoms with Crippen molar-refractivity contribution in [3.63, 3.8) is 0 Å². The number of nitrogens with two attached hydrogens (primary N) is 2. The number of aliphatic carboxylic acids is 1. The molecular weight excluding hydrogens is 697 g/mol. The molecule has 0 unspecified atom stereocenters. The normalized spacial score (nSPS) is 24.5. The van der Waals surface area contributed by atoms with Crippen molar-refractivity contribution in [3.05, 3.63) is 40.4 Å². The van der Waals surface area contributed by atoms with Crippen LogP contribution in [0.15, 0.2) is 28.7 Å². The van der Waals surface area contributed by atoms with Crippen molar-refractivity contribution in [2.75, 3.05) is 12.3 Å². The minimum atomic E-state index is -5.03. The summed E-state index contributed by atoms with van der Waals surface area (Å²) < 4.78 is 41.8. The van der Waals surface area contributed by atoms with Gasteiger partial charge in [-0.05, 0) is 95.5 Å². The molecule has 18 nitrogen and oxygen atoms in total. The molecule has 272 valence electrons. The Kier molecular flexibility index (Phi) is 10.4. The van der Waals surface area contributed by atoms with Crippen LogP contribution in [0.2, 0.25) is 0 Å². The van der Waals surface area contributed by atoms with Crippen molar-refractivity contribution in [1.29, 1.82) is 5.41 Å². The fourth-order valence-electron chi connectivity index (χ4n) is 6.16. The van der Waals surface area contributed by atoms with Crippen LogP contribution >= 0.6 is 11.3 Å². The summed E-state index contributed by atoms with van der Waals surface area (Å²) in [6, 6.07) is 4.09. The Morgan fingerprint density at radius 3 is 2.52 bits per heavy atom. The van der Waals surface area contributed by atoms with E-state index < -0.39 is 57.2 Å². The molecule has 5 rings (SSSR count). The number of aryl methyl sites for hydroxylation is 1. The summed E-state index contributed by atoms with van der Waals surface area (Å²) in [5.74, 6) is -2.23. The van der Waals surface area contributed by atoms with Crippen molar-refractivity contribution in [2.45, 2.75) is 88.6 Å². The average Bonchev–Trinajstić information content (AvgIpc) is 3.50. The standard InChI is InChI=1S/C30H40N8O10S2/c1-29(2)23(26(40)38(29)48-50(43,44)45)36-25(39)22(19-14-49-28(33)35-19)37-47-30(3,27(41)42)21-11-7-16-12-17(6-10-20(16)46-21)24(32)34-18-8-4-15(13-31)5-9-18/h6,10,12,14-15,18,21,23H,4-5,7-9,11,13,31H2,1-3H3,(H2,32,34)(H2,33,35)(H,36,39)(H,41,42)(H,43,44,45)/b37-22-/t15-,18+,21-,23-,30+/m1/s1. The van der Waals surface area contributed by atoms with Gasteiger partial charge in [-0.15, -0.1) is 15.6 Å². The molecule has 2 aliphatic heterocycles. The molecule has 3 atom stereocenters. The maximum atomic E-state index is 13.5. The zero-order valence-corrected chi connectivity index (χ0v) is 29.2. The van der Waals surface area contributed by atoms with E-state index >= 15 is 0 Å². The lowest BCUT2D eigenvalue weighted by molar-refractivity contribution is -0.218. The molecule has 1 aromatic carbocycles. The van der Waals surface area contributed by atoms with Crippen LogP contribution in [0.1, 0.15) is 69.7 Å². The molecule has 0 spiro atoms. The number of carboxylic acids is 1. The number of carbonyl (C=O) groups is 3. The summed E-state index contributed by atoms with van der Waals surface area (Å²) in [5.41, 5.74) is 8.86. The third-order valence-corrected chi connectivity index (χ3v) is 10.3. The highest BCUT2D eigenvalue weighted by Crippen LogP contribution is 2.36. The summed E-state index contributed by atoms with van der Waals surface area (Å²) in [4.78, 5) is 48.4. The van der Waals surface area contributed by atoms with E-state index in [1.807, 2.05) is 6.07 Å². The first kappa shape index (κ1) is 36.9. The zero-order valence-electron chi connectivity index (χ0n) is 27.5. The lowest BCUT2D eigenvalue weighted by Crippen LogP contribution is -2.76. The highest BCUT2D eigenvalue weighted by molar-refractivity contribution is 7.80. The first-order valence-electron chi connectivity index (χ1n) is 15.8. The maximum Gasteiger partial charge on any atom is 0.418 e. The fraction of sp³-hybridized carbons (Fsp3) is 0.533. The number of rotatable bonds is 12. The molecule has 2 fully saturated rings. The van der Waals surface area contributed by atoms with Gasteiger partial charge < -0.3 is 36.8 Å². The molecule has 0 bridgehead atoms. The van der Waals surface area contributed by atoms with E-state index in [1.54, 1.807) is 12.1 Å². The third kappa shape index (κ3) is 7.68. The monoisotopic (exact) mass is 736 g/mol.